The van der Waals surface area contributed by atoms with Crippen molar-refractivity contribution in [1.82, 2.24) is 10.2 Å². The molecule has 1 aromatic carbocycles. The third-order valence-corrected chi connectivity index (χ3v) is 3.04. The molecule has 3 heteroatoms. The van der Waals surface area contributed by atoms with Crippen LogP contribution < -0.4 is 0 Å². The summed E-state index contributed by atoms with van der Waals surface area (Å²) in [7, 11) is 0. The van der Waals surface area contributed by atoms with Gasteiger partial charge >= 0.3 is 0 Å². The molecule has 0 atom stereocenters. The van der Waals surface area contributed by atoms with Crippen LogP contribution in [0.2, 0.25) is 0 Å². The van der Waals surface area contributed by atoms with Gasteiger partial charge in [-0.05, 0) is 36.1 Å². The number of benzene rings is 1. The zero-order valence-corrected chi connectivity index (χ0v) is 8.86. The van der Waals surface area contributed by atoms with Gasteiger partial charge in [-0.1, -0.05) is 12.1 Å². The smallest absolute Gasteiger partial charge is 0.155 e. The van der Waals surface area contributed by atoms with Crippen LogP contribution in [0.1, 0.15) is 24.8 Å². The minimum Gasteiger partial charge on any atom is -0.295 e. The Hall–Kier alpha value is -1.90. The normalized spacial score (nSPS) is 16.5. The lowest BCUT2D eigenvalue weighted by molar-refractivity contribution is -0.114. The molecular weight excluding hydrogens is 200 g/mol. The minimum atomic E-state index is 0.238. The Morgan fingerprint density at radius 3 is 3.06 bits per heavy atom. The third-order valence-electron chi connectivity index (χ3n) is 3.04. The molecule has 1 aliphatic carbocycles. The zero-order valence-electron chi connectivity index (χ0n) is 8.86. The Kier molecular flexibility index (Phi) is 2.10. The van der Waals surface area contributed by atoms with E-state index in [2.05, 4.69) is 16.3 Å². The molecule has 1 heterocycles. The molecule has 0 unspecified atom stereocenters. The van der Waals surface area contributed by atoms with E-state index < -0.39 is 0 Å². The van der Waals surface area contributed by atoms with Gasteiger partial charge in [0.05, 0.1) is 11.7 Å². The second kappa shape index (κ2) is 3.59. The Labute approximate surface area is 93.2 Å². The molecule has 0 spiro atoms. The van der Waals surface area contributed by atoms with Gasteiger partial charge in [0.25, 0.3) is 0 Å². The molecule has 3 nitrogen and oxygen atoms in total. The first-order valence-corrected chi connectivity index (χ1v) is 5.50. The summed E-state index contributed by atoms with van der Waals surface area (Å²) >= 11 is 0. The molecule has 3 rings (SSSR count). The number of carbonyl (C=O) groups excluding carboxylic acids is 1. The predicted molar refractivity (Wildman–Crippen MR) is 62.9 cm³/mol. The van der Waals surface area contributed by atoms with Gasteiger partial charge in [-0.2, -0.15) is 5.10 Å². The minimum absolute atomic E-state index is 0.238. The predicted octanol–water partition coefficient (Wildman–Crippen LogP) is 2.70. The maximum absolute atomic E-state index is 11.4. The standard InChI is InChI=1S/C13H12N2O/c16-10-4-1-3-9(7-10)11-5-2-6-13-12(11)8-14-15-13/h2,5-8H,1,3-4H2,(H,14,15). The average molecular weight is 212 g/mol. The summed E-state index contributed by atoms with van der Waals surface area (Å²) in [6.07, 6.45) is 6.23. The van der Waals surface area contributed by atoms with Crippen LogP contribution in [0.3, 0.4) is 0 Å². The van der Waals surface area contributed by atoms with Crippen molar-refractivity contribution in [2.24, 2.45) is 0 Å². The molecule has 16 heavy (non-hydrogen) atoms. The van der Waals surface area contributed by atoms with E-state index in [4.69, 9.17) is 0 Å². The number of aromatic amines is 1. The fraction of sp³-hybridized carbons (Fsp3) is 0.231. The summed E-state index contributed by atoms with van der Waals surface area (Å²) in [5.41, 5.74) is 3.30. The van der Waals surface area contributed by atoms with E-state index in [-0.39, 0.29) is 5.78 Å². The van der Waals surface area contributed by atoms with Crippen LogP contribution in [0.25, 0.3) is 16.5 Å². The van der Waals surface area contributed by atoms with E-state index in [9.17, 15) is 4.79 Å². The fourth-order valence-corrected chi connectivity index (χ4v) is 2.25. The highest BCUT2D eigenvalue weighted by Gasteiger charge is 2.13. The van der Waals surface area contributed by atoms with Crippen LogP contribution in [0, 0.1) is 0 Å². The summed E-state index contributed by atoms with van der Waals surface area (Å²) in [6, 6.07) is 6.05. The molecule has 1 aromatic heterocycles. The molecule has 1 aliphatic rings. The fourth-order valence-electron chi connectivity index (χ4n) is 2.25. The summed E-state index contributed by atoms with van der Waals surface area (Å²) in [5.74, 6) is 0.238. The maximum atomic E-state index is 11.4. The molecule has 80 valence electrons. The molecule has 0 aliphatic heterocycles. The van der Waals surface area contributed by atoms with Crippen LogP contribution in [-0.4, -0.2) is 16.0 Å². The lowest BCUT2D eigenvalue weighted by Crippen LogP contribution is -2.02. The van der Waals surface area contributed by atoms with Crippen molar-refractivity contribution >= 4 is 22.3 Å². The number of H-pyrrole nitrogens is 1. The van der Waals surface area contributed by atoms with Gasteiger partial charge in [0.2, 0.25) is 0 Å². The number of aromatic nitrogens is 2. The number of rotatable bonds is 1. The van der Waals surface area contributed by atoms with Crippen molar-refractivity contribution in [1.29, 1.82) is 0 Å². The zero-order chi connectivity index (χ0) is 11.0. The summed E-state index contributed by atoms with van der Waals surface area (Å²) < 4.78 is 0. The molecule has 0 radical (unpaired) electrons. The van der Waals surface area contributed by atoms with Crippen molar-refractivity contribution in [2.75, 3.05) is 0 Å². The molecule has 0 amide bonds. The first kappa shape index (κ1) is 9.33. The number of hydrogen-bond donors (Lipinski definition) is 1. The van der Waals surface area contributed by atoms with Gasteiger partial charge in [-0.3, -0.25) is 9.89 Å². The van der Waals surface area contributed by atoms with Crippen LogP contribution in [-0.2, 0) is 4.79 Å². The molecule has 0 saturated carbocycles. The van der Waals surface area contributed by atoms with Crippen molar-refractivity contribution in [3.63, 3.8) is 0 Å². The summed E-state index contributed by atoms with van der Waals surface area (Å²) in [5, 5.41) is 8.09. The van der Waals surface area contributed by atoms with Gasteiger partial charge in [0.15, 0.2) is 5.78 Å². The highest BCUT2D eigenvalue weighted by Crippen LogP contribution is 2.29. The molecule has 1 N–H and O–H groups in total. The van der Waals surface area contributed by atoms with E-state index in [1.807, 2.05) is 18.3 Å². The van der Waals surface area contributed by atoms with Gasteiger partial charge in [0.1, 0.15) is 0 Å². The number of hydrogen-bond acceptors (Lipinski definition) is 2. The molecule has 0 bridgehead atoms. The van der Waals surface area contributed by atoms with Crippen LogP contribution >= 0.6 is 0 Å². The largest absolute Gasteiger partial charge is 0.295 e. The Bertz CT molecular complexity index is 580. The SMILES string of the molecule is O=C1C=C(c2cccc3[nH]ncc23)CCC1. The number of allylic oxidation sites excluding steroid dienone is 2. The first-order valence-electron chi connectivity index (χ1n) is 5.50. The lowest BCUT2D eigenvalue weighted by atomic mass is 9.91. The highest BCUT2D eigenvalue weighted by molar-refractivity contribution is 6.02. The van der Waals surface area contributed by atoms with E-state index in [1.54, 1.807) is 6.08 Å². The van der Waals surface area contributed by atoms with Crippen LogP contribution in [0.15, 0.2) is 30.5 Å². The van der Waals surface area contributed by atoms with Crippen molar-refractivity contribution in [3.05, 3.63) is 36.0 Å². The van der Waals surface area contributed by atoms with Crippen molar-refractivity contribution in [3.8, 4) is 0 Å². The Balaban J connectivity index is 2.18. The van der Waals surface area contributed by atoms with Gasteiger partial charge in [-0.15, -0.1) is 0 Å². The monoisotopic (exact) mass is 212 g/mol. The molecule has 2 aromatic rings. The topological polar surface area (TPSA) is 45.8 Å². The average Bonchev–Trinajstić information content (AvgIpc) is 2.76. The van der Waals surface area contributed by atoms with E-state index in [1.165, 1.54) is 0 Å². The number of nitrogens with one attached hydrogen (secondary N) is 1. The molecular formula is C13H12N2O. The number of carbonyl (C=O) groups is 1. The van der Waals surface area contributed by atoms with E-state index in [0.717, 1.165) is 34.9 Å². The van der Waals surface area contributed by atoms with Crippen molar-refractivity contribution in [2.45, 2.75) is 19.3 Å². The van der Waals surface area contributed by atoms with Gasteiger partial charge in [0, 0.05) is 11.8 Å². The molecule has 0 saturated heterocycles. The van der Waals surface area contributed by atoms with Crippen LogP contribution in [0.4, 0.5) is 0 Å². The Morgan fingerprint density at radius 2 is 2.19 bits per heavy atom. The number of nitrogens with zero attached hydrogens (tertiary/aromatic N) is 1. The second-order valence-electron chi connectivity index (χ2n) is 4.13. The van der Waals surface area contributed by atoms with Gasteiger partial charge in [-0.25, -0.2) is 0 Å². The lowest BCUT2D eigenvalue weighted by Gasteiger charge is -2.12. The van der Waals surface area contributed by atoms with Crippen molar-refractivity contribution < 1.29 is 4.79 Å². The molecule has 0 fully saturated rings. The highest BCUT2D eigenvalue weighted by atomic mass is 16.1. The third kappa shape index (κ3) is 1.45. The van der Waals surface area contributed by atoms with Crippen LogP contribution in [0.5, 0.6) is 0 Å². The number of ketones is 1. The second-order valence-corrected chi connectivity index (χ2v) is 4.13. The number of fused-ring (bicyclic) bond motifs is 1. The maximum Gasteiger partial charge on any atom is 0.155 e. The summed E-state index contributed by atoms with van der Waals surface area (Å²) in [4.78, 5) is 11.4. The first-order chi connectivity index (χ1) is 7.84. The summed E-state index contributed by atoms with van der Waals surface area (Å²) in [6.45, 7) is 0. The van der Waals surface area contributed by atoms with Gasteiger partial charge < -0.3 is 0 Å². The van der Waals surface area contributed by atoms with E-state index in [0.29, 0.717) is 6.42 Å². The van der Waals surface area contributed by atoms with E-state index >= 15 is 0 Å². The quantitative estimate of drug-likeness (QED) is 0.789. The Morgan fingerprint density at radius 1 is 1.25 bits per heavy atom.